The van der Waals surface area contributed by atoms with Gasteiger partial charge in [0.1, 0.15) is 11.8 Å². The molecule has 0 radical (unpaired) electrons. The zero-order valence-corrected chi connectivity index (χ0v) is 14.5. The summed E-state index contributed by atoms with van der Waals surface area (Å²) < 4.78 is 28.6. The standard InChI is InChI=1S/C19H18F2N2O4/c1-12-17(25)22(19(26)23(12)14-5-3-2-4-6-14)11-16(24)13-7-9-15(10-8-13)27-18(20)21/h2-10,12,16,18,24H,11H2,1H3/t12-,16+/m0/s1. The minimum atomic E-state index is -2.94. The number of amides is 3. The van der Waals surface area contributed by atoms with E-state index in [0.29, 0.717) is 11.3 Å². The van der Waals surface area contributed by atoms with Gasteiger partial charge in [-0.2, -0.15) is 8.78 Å². The first-order valence-corrected chi connectivity index (χ1v) is 8.31. The highest BCUT2D eigenvalue weighted by molar-refractivity contribution is 6.14. The number of alkyl halides is 2. The Bertz CT molecular complexity index is 814. The Morgan fingerprint density at radius 2 is 1.70 bits per heavy atom. The molecule has 0 bridgehead atoms. The molecular formula is C19H18F2N2O4. The van der Waals surface area contributed by atoms with Crippen molar-refractivity contribution in [1.82, 2.24) is 4.90 Å². The first kappa shape index (κ1) is 18.8. The third kappa shape index (κ3) is 3.90. The number of benzene rings is 2. The molecule has 0 aliphatic carbocycles. The Morgan fingerprint density at radius 3 is 2.30 bits per heavy atom. The average Bonchev–Trinajstić information content (AvgIpc) is 2.86. The van der Waals surface area contributed by atoms with Crippen LogP contribution in [-0.4, -0.2) is 41.1 Å². The van der Waals surface area contributed by atoms with Crippen molar-refractivity contribution in [2.24, 2.45) is 0 Å². The van der Waals surface area contributed by atoms with Crippen LogP contribution < -0.4 is 9.64 Å². The third-order valence-corrected chi connectivity index (χ3v) is 4.33. The summed E-state index contributed by atoms with van der Waals surface area (Å²) in [6, 6.07) is 13.0. The smallest absolute Gasteiger partial charge is 0.387 e. The highest BCUT2D eigenvalue weighted by Crippen LogP contribution is 2.28. The lowest BCUT2D eigenvalue weighted by atomic mass is 10.1. The molecule has 2 aromatic carbocycles. The van der Waals surface area contributed by atoms with Crippen molar-refractivity contribution >= 4 is 17.6 Å². The lowest BCUT2D eigenvalue weighted by molar-refractivity contribution is -0.127. The molecule has 0 saturated carbocycles. The number of urea groups is 1. The van der Waals surface area contributed by atoms with Crippen molar-refractivity contribution in [3.8, 4) is 5.75 Å². The number of hydrogen-bond acceptors (Lipinski definition) is 4. The molecule has 3 rings (SSSR count). The fourth-order valence-corrected chi connectivity index (χ4v) is 2.97. The first-order valence-electron chi connectivity index (χ1n) is 8.31. The quantitative estimate of drug-likeness (QED) is 0.786. The molecule has 1 saturated heterocycles. The SMILES string of the molecule is C[C@H]1C(=O)N(C[C@@H](O)c2ccc(OC(F)F)cc2)C(=O)N1c1ccccc1. The number of imide groups is 1. The highest BCUT2D eigenvalue weighted by atomic mass is 19.3. The minimum Gasteiger partial charge on any atom is -0.435 e. The van der Waals surface area contributed by atoms with Gasteiger partial charge < -0.3 is 9.84 Å². The lowest BCUT2D eigenvalue weighted by Crippen LogP contribution is -2.36. The Hall–Kier alpha value is -3.00. The van der Waals surface area contributed by atoms with Crippen LogP contribution >= 0.6 is 0 Å². The maximum Gasteiger partial charge on any atom is 0.387 e. The normalized spacial score (nSPS) is 18.3. The first-order chi connectivity index (χ1) is 12.9. The topological polar surface area (TPSA) is 70.1 Å². The van der Waals surface area contributed by atoms with E-state index in [-0.39, 0.29) is 12.3 Å². The van der Waals surface area contributed by atoms with Gasteiger partial charge in [0.2, 0.25) is 0 Å². The summed E-state index contributed by atoms with van der Waals surface area (Å²) in [5, 5.41) is 10.4. The van der Waals surface area contributed by atoms with Gasteiger partial charge in [0.25, 0.3) is 5.91 Å². The number of aliphatic hydroxyl groups is 1. The van der Waals surface area contributed by atoms with Crippen LogP contribution in [-0.2, 0) is 4.79 Å². The van der Waals surface area contributed by atoms with Gasteiger partial charge in [-0.1, -0.05) is 30.3 Å². The Kier molecular flexibility index (Phi) is 5.36. The maximum absolute atomic E-state index is 12.7. The maximum atomic E-state index is 12.7. The van der Waals surface area contributed by atoms with E-state index in [2.05, 4.69) is 4.74 Å². The van der Waals surface area contributed by atoms with E-state index in [1.54, 1.807) is 37.3 Å². The molecule has 1 heterocycles. The summed E-state index contributed by atoms with van der Waals surface area (Å²) in [6.07, 6.45) is -1.15. The fraction of sp³-hybridized carbons (Fsp3) is 0.263. The van der Waals surface area contributed by atoms with Crippen LogP contribution in [0.1, 0.15) is 18.6 Å². The van der Waals surface area contributed by atoms with Crippen molar-refractivity contribution in [3.05, 3.63) is 60.2 Å². The molecule has 1 aliphatic rings. The molecule has 0 unspecified atom stereocenters. The second-order valence-electron chi connectivity index (χ2n) is 6.08. The van der Waals surface area contributed by atoms with Crippen LogP contribution in [0.5, 0.6) is 5.75 Å². The van der Waals surface area contributed by atoms with E-state index >= 15 is 0 Å². The summed E-state index contributed by atoms with van der Waals surface area (Å²) in [4.78, 5) is 27.5. The van der Waals surface area contributed by atoms with Crippen LogP contribution in [0.2, 0.25) is 0 Å². The second-order valence-corrected chi connectivity index (χ2v) is 6.08. The molecule has 6 nitrogen and oxygen atoms in total. The Balaban J connectivity index is 1.73. The largest absolute Gasteiger partial charge is 0.435 e. The number of nitrogens with zero attached hydrogens (tertiary/aromatic N) is 2. The molecule has 3 amide bonds. The Labute approximate surface area is 154 Å². The van der Waals surface area contributed by atoms with E-state index in [0.717, 1.165) is 4.90 Å². The zero-order valence-electron chi connectivity index (χ0n) is 14.5. The molecule has 0 spiro atoms. The van der Waals surface area contributed by atoms with Crippen molar-refractivity contribution in [2.75, 3.05) is 11.4 Å². The highest BCUT2D eigenvalue weighted by Gasteiger charge is 2.43. The molecule has 142 valence electrons. The van der Waals surface area contributed by atoms with Gasteiger partial charge in [-0.15, -0.1) is 0 Å². The monoisotopic (exact) mass is 376 g/mol. The number of carbonyl (C=O) groups is 2. The van der Waals surface area contributed by atoms with Crippen LogP contribution in [0, 0.1) is 0 Å². The van der Waals surface area contributed by atoms with E-state index in [1.807, 2.05) is 0 Å². The summed E-state index contributed by atoms with van der Waals surface area (Å²) in [5.41, 5.74) is 0.969. The van der Waals surface area contributed by atoms with Crippen molar-refractivity contribution in [1.29, 1.82) is 0 Å². The number of ether oxygens (including phenoxy) is 1. The second kappa shape index (κ2) is 7.71. The van der Waals surface area contributed by atoms with E-state index < -0.39 is 30.7 Å². The van der Waals surface area contributed by atoms with Gasteiger partial charge in [0.05, 0.1) is 12.6 Å². The number of carbonyl (C=O) groups excluding carboxylic acids is 2. The molecule has 27 heavy (non-hydrogen) atoms. The van der Waals surface area contributed by atoms with Crippen LogP contribution in [0.4, 0.5) is 19.3 Å². The summed E-state index contributed by atoms with van der Waals surface area (Å²) in [7, 11) is 0. The number of aliphatic hydroxyl groups excluding tert-OH is 1. The van der Waals surface area contributed by atoms with Gasteiger partial charge in [-0.25, -0.2) is 4.79 Å². The minimum absolute atomic E-state index is 0.0434. The van der Waals surface area contributed by atoms with Crippen molar-refractivity contribution in [3.63, 3.8) is 0 Å². The van der Waals surface area contributed by atoms with Gasteiger partial charge in [0.15, 0.2) is 0 Å². The predicted molar refractivity (Wildman–Crippen MR) is 93.5 cm³/mol. The van der Waals surface area contributed by atoms with Crippen LogP contribution in [0.3, 0.4) is 0 Å². The molecule has 2 aromatic rings. The van der Waals surface area contributed by atoms with Gasteiger partial charge >= 0.3 is 12.6 Å². The molecule has 0 aromatic heterocycles. The van der Waals surface area contributed by atoms with E-state index in [1.165, 1.54) is 29.2 Å². The molecule has 1 aliphatic heterocycles. The third-order valence-electron chi connectivity index (χ3n) is 4.33. The van der Waals surface area contributed by atoms with Crippen molar-refractivity contribution < 1.29 is 28.2 Å². The molecular weight excluding hydrogens is 358 g/mol. The number of anilines is 1. The fourth-order valence-electron chi connectivity index (χ4n) is 2.97. The number of halogens is 2. The van der Waals surface area contributed by atoms with Gasteiger partial charge in [-0.3, -0.25) is 14.6 Å². The van der Waals surface area contributed by atoms with Gasteiger partial charge in [0, 0.05) is 5.69 Å². The van der Waals surface area contributed by atoms with E-state index in [9.17, 15) is 23.5 Å². The predicted octanol–water partition coefficient (Wildman–Crippen LogP) is 3.18. The molecule has 1 N–H and O–H groups in total. The molecule has 2 atom stereocenters. The van der Waals surface area contributed by atoms with Crippen LogP contribution in [0.15, 0.2) is 54.6 Å². The molecule has 8 heteroatoms. The van der Waals surface area contributed by atoms with E-state index in [4.69, 9.17) is 0 Å². The van der Waals surface area contributed by atoms with Gasteiger partial charge in [-0.05, 0) is 36.8 Å². The summed E-state index contributed by atoms with van der Waals surface area (Å²) >= 11 is 0. The number of rotatable bonds is 6. The van der Waals surface area contributed by atoms with Crippen LogP contribution in [0.25, 0.3) is 0 Å². The number of hydrogen-bond donors (Lipinski definition) is 1. The average molecular weight is 376 g/mol. The molecule has 1 fully saturated rings. The van der Waals surface area contributed by atoms with Crippen molar-refractivity contribution in [2.45, 2.75) is 25.7 Å². The number of para-hydroxylation sites is 1. The lowest BCUT2D eigenvalue weighted by Gasteiger charge is -2.20. The summed E-state index contributed by atoms with van der Waals surface area (Å²) in [6.45, 7) is -1.55. The zero-order chi connectivity index (χ0) is 19.6. The summed E-state index contributed by atoms with van der Waals surface area (Å²) in [5.74, 6) is -0.460. The Morgan fingerprint density at radius 1 is 1.07 bits per heavy atom. The number of β-amino-alcohol motifs (C(OH)–C–C–N with tert-alkyl or cyclic N) is 1.